The summed E-state index contributed by atoms with van der Waals surface area (Å²) in [7, 11) is 0. The number of hydrogen-bond donors (Lipinski definition) is 3. The topological polar surface area (TPSA) is 95.9 Å². The number of hydrogen-bond acceptors (Lipinski definition) is 5. The van der Waals surface area contributed by atoms with Crippen LogP contribution in [0.25, 0.3) is 0 Å². The van der Waals surface area contributed by atoms with Crippen LogP contribution in [0.5, 0.6) is 0 Å². The molecule has 0 spiro atoms. The van der Waals surface area contributed by atoms with E-state index in [2.05, 4.69) is 55.6 Å². The van der Waals surface area contributed by atoms with E-state index >= 15 is 0 Å². The Morgan fingerprint density at radius 3 is 0.919 bits per heavy atom. The van der Waals surface area contributed by atoms with Crippen LogP contribution in [-0.2, 0) is 14.3 Å². The molecule has 0 radical (unpaired) electrons. The Morgan fingerprint density at radius 1 is 0.326 bits per heavy atom. The molecule has 0 aromatic heterocycles. The number of rotatable bonds is 74. The molecule has 86 heavy (non-hydrogen) atoms. The quantitative estimate of drug-likeness (QED) is 0.0320. The lowest BCUT2D eigenvalue weighted by atomic mass is 10.0. The molecular weight excluding hydrogens is 1050 g/mol. The molecule has 2 unspecified atom stereocenters. The standard InChI is InChI=1S/C80H153NO5/c1-3-5-7-9-11-13-15-17-19-21-22-23-24-28-31-34-37-41-44-48-52-56-60-64-68-72-78(83)77(76-82)81-79(84)73-69-65-61-57-53-49-45-42-38-35-32-29-26-25-27-30-33-36-39-43-47-51-55-59-63-67-71-75-86-80(85)74-70-66-62-58-54-50-46-40-20-18-16-14-12-10-8-6-4-2/h12,14,18,20,25-26,77-78,82-83H,3-11,13,15-17,19,21-24,27-76H2,1-2H3,(H,81,84)/b14-12-,20-18-,26-25-. The molecule has 6 nitrogen and oxygen atoms in total. The maximum Gasteiger partial charge on any atom is 0.305 e. The average molecular weight is 1210 g/mol. The summed E-state index contributed by atoms with van der Waals surface area (Å²) < 4.78 is 5.50. The van der Waals surface area contributed by atoms with Crippen LogP contribution in [0.1, 0.15) is 438 Å². The van der Waals surface area contributed by atoms with Crippen LogP contribution < -0.4 is 5.32 Å². The van der Waals surface area contributed by atoms with Crippen molar-refractivity contribution in [2.75, 3.05) is 13.2 Å². The van der Waals surface area contributed by atoms with Gasteiger partial charge in [0, 0.05) is 12.8 Å². The van der Waals surface area contributed by atoms with Gasteiger partial charge in [0.2, 0.25) is 5.91 Å². The molecule has 508 valence electrons. The Morgan fingerprint density at radius 2 is 0.581 bits per heavy atom. The molecule has 0 heterocycles. The van der Waals surface area contributed by atoms with Gasteiger partial charge >= 0.3 is 5.97 Å². The number of carbonyl (C=O) groups is 2. The predicted octanol–water partition coefficient (Wildman–Crippen LogP) is 25.8. The highest BCUT2D eigenvalue weighted by Crippen LogP contribution is 2.20. The first-order valence-electron chi connectivity index (χ1n) is 39.2. The highest BCUT2D eigenvalue weighted by Gasteiger charge is 2.20. The fraction of sp³-hybridized carbons (Fsp3) is 0.900. The highest BCUT2D eigenvalue weighted by atomic mass is 16.5. The van der Waals surface area contributed by atoms with Crippen molar-refractivity contribution < 1.29 is 24.5 Å². The normalized spacial score (nSPS) is 12.7. The van der Waals surface area contributed by atoms with Gasteiger partial charge in [-0.3, -0.25) is 9.59 Å². The second kappa shape index (κ2) is 75.5. The Hall–Kier alpha value is -1.92. The van der Waals surface area contributed by atoms with Gasteiger partial charge in [-0.05, 0) is 83.5 Å². The molecule has 0 aliphatic carbocycles. The van der Waals surface area contributed by atoms with Crippen LogP contribution in [0, 0.1) is 0 Å². The summed E-state index contributed by atoms with van der Waals surface area (Å²) in [6, 6.07) is -0.544. The van der Waals surface area contributed by atoms with E-state index in [1.165, 1.54) is 353 Å². The summed E-state index contributed by atoms with van der Waals surface area (Å²) >= 11 is 0. The van der Waals surface area contributed by atoms with Crippen LogP contribution in [0.15, 0.2) is 36.5 Å². The number of amides is 1. The molecule has 1 amide bonds. The van der Waals surface area contributed by atoms with Gasteiger partial charge in [-0.25, -0.2) is 0 Å². The molecule has 0 aliphatic rings. The first-order valence-corrected chi connectivity index (χ1v) is 39.2. The average Bonchev–Trinajstić information content (AvgIpc) is 3.54. The van der Waals surface area contributed by atoms with Gasteiger partial charge in [-0.2, -0.15) is 0 Å². The Bertz CT molecular complexity index is 1390. The fourth-order valence-electron chi connectivity index (χ4n) is 12.4. The van der Waals surface area contributed by atoms with E-state index in [0.29, 0.717) is 25.9 Å². The molecule has 0 rings (SSSR count). The van der Waals surface area contributed by atoms with Crippen LogP contribution in [0.2, 0.25) is 0 Å². The van der Waals surface area contributed by atoms with Crippen molar-refractivity contribution in [2.45, 2.75) is 450 Å². The molecule has 0 saturated heterocycles. The van der Waals surface area contributed by atoms with Crippen molar-refractivity contribution in [1.29, 1.82) is 0 Å². The third-order valence-electron chi connectivity index (χ3n) is 18.4. The van der Waals surface area contributed by atoms with E-state index in [9.17, 15) is 19.8 Å². The molecule has 3 N–H and O–H groups in total. The van der Waals surface area contributed by atoms with E-state index in [1.807, 2.05) is 0 Å². The largest absolute Gasteiger partial charge is 0.466 e. The van der Waals surface area contributed by atoms with Crippen LogP contribution >= 0.6 is 0 Å². The molecule has 0 aromatic carbocycles. The third kappa shape index (κ3) is 71.2. The number of aliphatic hydroxyl groups excluding tert-OH is 2. The van der Waals surface area contributed by atoms with Gasteiger partial charge in [0.15, 0.2) is 0 Å². The van der Waals surface area contributed by atoms with Gasteiger partial charge in [-0.1, -0.05) is 378 Å². The van der Waals surface area contributed by atoms with Gasteiger partial charge < -0.3 is 20.3 Å². The molecule has 0 aromatic rings. The van der Waals surface area contributed by atoms with Crippen molar-refractivity contribution in [3.63, 3.8) is 0 Å². The lowest BCUT2D eigenvalue weighted by Crippen LogP contribution is -2.45. The van der Waals surface area contributed by atoms with Crippen LogP contribution in [0.4, 0.5) is 0 Å². The zero-order chi connectivity index (χ0) is 62.0. The third-order valence-corrected chi connectivity index (χ3v) is 18.4. The molecular formula is C80H153NO5. The summed E-state index contributed by atoms with van der Waals surface area (Å²) in [5, 5.41) is 23.5. The van der Waals surface area contributed by atoms with E-state index in [4.69, 9.17) is 4.74 Å². The van der Waals surface area contributed by atoms with Crippen LogP contribution in [-0.4, -0.2) is 47.4 Å². The van der Waals surface area contributed by atoms with Gasteiger partial charge in [0.05, 0.1) is 25.4 Å². The summed E-state index contributed by atoms with van der Waals surface area (Å²) in [5.41, 5.74) is 0. The zero-order valence-electron chi connectivity index (χ0n) is 58.3. The van der Waals surface area contributed by atoms with Gasteiger partial charge in [0.25, 0.3) is 0 Å². The zero-order valence-corrected chi connectivity index (χ0v) is 58.3. The summed E-state index contributed by atoms with van der Waals surface area (Å²) in [5.74, 6) is -0.0224. The maximum absolute atomic E-state index is 12.6. The number of esters is 1. The van der Waals surface area contributed by atoms with Crippen molar-refractivity contribution in [3.05, 3.63) is 36.5 Å². The summed E-state index contributed by atoms with van der Waals surface area (Å²) in [4.78, 5) is 24.7. The number of allylic oxidation sites excluding steroid dienone is 6. The molecule has 0 bridgehead atoms. The molecule has 0 aliphatic heterocycles. The summed E-state index contributed by atoms with van der Waals surface area (Å²) in [6.07, 6.45) is 97.9. The summed E-state index contributed by atoms with van der Waals surface area (Å²) in [6.45, 7) is 4.97. The van der Waals surface area contributed by atoms with Crippen LogP contribution in [0.3, 0.4) is 0 Å². The van der Waals surface area contributed by atoms with Crippen molar-refractivity contribution in [2.24, 2.45) is 0 Å². The first kappa shape index (κ1) is 84.1. The first-order chi connectivity index (χ1) is 42.5. The minimum Gasteiger partial charge on any atom is -0.466 e. The minimum atomic E-state index is -0.667. The second-order valence-corrected chi connectivity index (χ2v) is 27.0. The number of carbonyl (C=O) groups excluding carboxylic acids is 2. The lowest BCUT2D eigenvalue weighted by molar-refractivity contribution is -0.143. The highest BCUT2D eigenvalue weighted by molar-refractivity contribution is 5.76. The maximum atomic E-state index is 12.6. The van der Waals surface area contributed by atoms with E-state index in [-0.39, 0.29) is 18.5 Å². The number of nitrogens with one attached hydrogen (secondary N) is 1. The van der Waals surface area contributed by atoms with E-state index in [1.54, 1.807) is 0 Å². The molecule has 6 heteroatoms. The SMILES string of the molecule is CCCCC/C=C\C/C=C\CCCCCCCCCC(=O)OCCCCCCCCCCCCCC/C=C\CCCCCCCCCCCCCC(=O)NC(CO)C(O)CCCCCCCCCCCCCCCCCCCCCCCCCCC. The van der Waals surface area contributed by atoms with E-state index in [0.717, 1.165) is 51.4 Å². The van der Waals surface area contributed by atoms with Gasteiger partial charge in [0.1, 0.15) is 0 Å². The minimum absolute atomic E-state index is 0.00824. The number of aliphatic hydroxyl groups is 2. The lowest BCUT2D eigenvalue weighted by Gasteiger charge is -2.22. The molecule has 2 atom stereocenters. The smallest absolute Gasteiger partial charge is 0.305 e. The van der Waals surface area contributed by atoms with Crippen molar-refractivity contribution in [1.82, 2.24) is 5.32 Å². The number of ether oxygens (including phenoxy) is 1. The Labute approximate surface area is 538 Å². The predicted molar refractivity (Wildman–Crippen MR) is 379 cm³/mol. The van der Waals surface area contributed by atoms with Crippen molar-refractivity contribution >= 4 is 11.9 Å². The Balaban J connectivity index is 3.38. The monoisotopic (exact) mass is 1210 g/mol. The Kier molecular flexibility index (Phi) is 73.9. The van der Waals surface area contributed by atoms with E-state index < -0.39 is 12.1 Å². The molecule has 0 saturated carbocycles. The van der Waals surface area contributed by atoms with Crippen molar-refractivity contribution in [3.8, 4) is 0 Å². The van der Waals surface area contributed by atoms with Gasteiger partial charge in [-0.15, -0.1) is 0 Å². The fourth-order valence-corrected chi connectivity index (χ4v) is 12.4. The molecule has 0 fully saturated rings. The second-order valence-electron chi connectivity index (χ2n) is 27.0. The number of unbranched alkanes of at least 4 members (excludes halogenated alkanes) is 57.